The second kappa shape index (κ2) is 5.47. The second-order valence-electron chi connectivity index (χ2n) is 4.79. The molecule has 1 rings (SSSR count). The van der Waals surface area contributed by atoms with Crippen molar-refractivity contribution in [1.82, 2.24) is 5.32 Å². The molecule has 0 amide bonds. The van der Waals surface area contributed by atoms with Gasteiger partial charge in [0.2, 0.25) is 0 Å². The lowest BCUT2D eigenvalue weighted by atomic mass is 10.0. The fraction of sp³-hybridized carbons (Fsp3) is 0.909. The number of nitrogens with one attached hydrogen (secondary N) is 1. The lowest BCUT2D eigenvalue weighted by Gasteiger charge is -2.23. The van der Waals surface area contributed by atoms with E-state index in [0.29, 0.717) is 12.3 Å². The van der Waals surface area contributed by atoms with Crippen LogP contribution in [0.1, 0.15) is 39.5 Å². The van der Waals surface area contributed by atoms with Crippen LogP contribution in [0.4, 0.5) is 0 Å². The van der Waals surface area contributed by atoms with E-state index in [9.17, 15) is 9.90 Å². The predicted molar refractivity (Wildman–Crippen MR) is 57.7 cm³/mol. The summed E-state index contributed by atoms with van der Waals surface area (Å²) in [5.41, 5.74) is 0. The Morgan fingerprint density at radius 2 is 2.13 bits per heavy atom. The van der Waals surface area contributed by atoms with E-state index in [1.54, 1.807) is 0 Å². The lowest BCUT2D eigenvalue weighted by molar-refractivity contribution is -0.140. The largest absolute Gasteiger partial charge is 0.480 e. The van der Waals surface area contributed by atoms with E-state index in [1.807, 2.05) is 13.8 Å². The maximum Gasteiger partial charge on any atom is 0.320 e. The van der Waals surface area contributed by atoms with Crippen LogP contribution < -0.4 is 5.32 Å². The van der Waals surface area contributed by atoms with Crippen molar-refractivity contribution in [1.29, 1.82) is 0 Å². The summed E-state index contributed by atoms with van der Waals surface area (Å²) in [6.07, 6.45) is 2.87. The highest BCUT2D eigenvalue weighted by Crippen LogP contribution is 2.20. The van der Waals surface area contributed by atoms with Gasteiger partial charge in [-0.15, -0.1) is 0 Å². The number of aliphatic hydroxyl groups excluding tert-OH is 1. The van der Waals surface area contributed by atoms with Gasteiger partial charge in [-0.25, -0.2) is 0 Å². The standard InChI is InChI=1S/C11H21NO3/c1-7(2)6-9(11(14)15)12-8-4-3-5-10(8)13/h7-10,12-13H,3-6H2,1-2H3,(H,14,15). The minimum Gasteiger partial charge on any atom is -0.480 e. The topological polar surface area (TPSA) is 69.6 Å². The molecule has 3 N–H and O–H groups in total. The Morgan fingerprint density at radius 3 is 2.53 bits per heavy atom. The van der Waals surface area contributed by atoms with Crippen molar-refractivity contribution in [2.75, 3.05) is 0 Å². The Labute approximate surface area is 90.7 Å². The van der Waals surface area contributed by atoms with Crippen LogP contribution in [0.3, 0.4) is 0 Å². The van der Waals surface area contributed by atoms with Gasteiger partial charge in [0.15, 0.2) is 0 Å². The number of hydrogen-bond acceptors (Lipinski definition) is 3. The number of aliphatic carboxylic acids is 1. The van der Waals surface area contributed by atoms with E-state index in [4.69, 9.17) is 5.11 Å². The van der Waals surface area contributed by atoms with Crippen molar-refractivity contribution in [3.05, 3.63) is 0 Å². The Morgan fingerprint density at radius 1 is 1.47 bits per heavy atom. The quantitative estimate of drug-likeness (QED) is 0.639. The van der Waals surface area contributed by atoms with Crippen LogP contribution in [0, 0.1) is 5.92 Å². The zero-order valence-corrected chi connectivity index (χ0v) is 9.44. The highest BCUT2D eigenvalue weighted by molar-refractivity contribution is 5.73. The molecule has 0 aromatic carbocycles. The number of rotatable bonds is 5. The molecule has 15 heavy (non-hydrogen) atoms. The third kappa shape index (κ3) is 3.80. The molecular formula is C11H21NO3. The van der Waals surface area contributed by atoms with Crippen LogP contribution >= 0.6 is 0 Å². The maximum absolute atomic E-state index is 11.0. The molecule has 0 radical (unpaired) electrons. The van der Waals surface area contributed by atoms with Crippen molar-refractivity contribution in [3.63, 3.8) is 0 Å². The second-order valence-corrected chi connectivity index (χ2v) is 4.79. The zero-order chi connectivity index (χ0) is 11.4. The van der Waals surface area contributed by atoms with Gasteiger partial charge in [0.1, 0.15) is 6.04 Å². The minimum atomic E-state index is -0.817. The highest BCUT2D eigenvalue weighted by atomic mass is 16.4. The van der Waals surface area contributed by atoms with Gasteiger partial charge in [0.25, 0.3) is 0 Å². The SMILES string of the molecule is CC(C)CC(NC1CCCC1O)C(=O)O. The number of carboxylic acid groups (broad SMARTS) is 1. The summed E-state index contributed by atoms with van der Waals surface area (Å²) in [5, 5.41) is 21.7. The van der Waals surface area contributed by atoms with Gasteiger partial charge in [-0.2, -0.15) is 0 Å². The summed E-state index contributed by atoms with van der Waals surface area (Å²) in [6.45, 7) is 4.01. The van der Waals surface area contributed by atoms with Gasteiger partial charge in [0.05, 0.1) is 6.10 Å². The van der Waals surface area contributed by atoms with E-state index in [0.717, 1.165) is 19.3 Å². The fourth-order valence-corrected chi connectivity index (χ4v) is 2.10. The molecule has 3 atom stereocenters. The van der Waals surface area contributed by atoms with Crippen molar-refractivity contribution in [2.45, 2.75) is 57.7 Å². The average molecular weight is 215 g/mol. The normalized spacial score (nSPS) is 28.3. The van der Waals surface area contributed by atoms with Crippen LogP contribution in [0.5, 0.6) is 0 Å². The molecule has 1 fully saturated rings. The number of hydrogen-bond donors (Lipinski definition) is 3. The Bertz CT molecular complexity index is 218. The first-order valence-corrected chi connectivity index (χ1v) is 5.67. The van der Waals surface area contributed by atoms with E-state index in [-0.39, 0.29) is 12.1 Å². The van der Waals surface area contributed by atoms with E-state index in [2.05, 4.69) is 5.32 Å². The highest BCUT2D eigenvalue weighted by Gasteiger charge is 2.29. The Kier molecular flexibility index (Phi) is 4.54. The summed E-state index contributed by atoms with van der Waals surface area (Å²) in [6, 6.07) is -0.562. The smallest absolute Gasteiger partial charge is 0.320 e. The molecule has 1 aliphatic carbocycles. The monoisotopic (exact) mass is 215 g/mol. The van der Waals surface area contributed by atoms with Crippen molar-refractivity contribution in [3.8, 4) is 0 Å². The third-order valence-corrected chi connectivity index (χ3v) is 2.90. The van der Waals surface area contributed by atoms with Gasteiger partial charge >= 0.3 is 5.97 Å². The molecule has 4 nitrogen and oxygen atoms in total. The van der Waals surface area contributed by atoms with Crippen LogP contribution in [0.25, 0.3) is 0 Å². The van der Waals surface area contributed by atoms with Crippen LogP contribution in [0.2, 0.25) is 0 Å². The van der Waals surface area contributed by atoms with Crippen LogP contribution in [0.15, 0.2) is 0 Å². The lowest BCUT2D eigenvalue weighted by Crippen LogP contribution is -2.47. The molecule has 3 unspecified atom stereocenters. The summed E-state index contributed by atoms with van der Waals surface area (Å²) >= 11 is 0. The molecule has 1 saturated carbocycles. The molecule has 0 aliphatic heterocycles. The van der Waals surface area contributed by atoms with E-state index < -0.39 is 12.0 Å². The number of aliphatic hydroxyl groups is 1. The first kappa shape index (κ1) is 12.5. The first-order chi connectivity index (χ1) is 7.00. The fourth-order valence-electron chi connectivity index (χ4n) is 2.10. The van der Waals surface area contributed by atoms with Crippen LogP contribution in [-0.4, -0.2) is 34.4 Å². The molecule has 0 bridgehead atoms. The number of carboxylic acids is 1. The third-order valence-electron chi connectivity index (χ3n) is 2.90. The van der Waals surface area contributed by atoms with E-state index in [1.165, 1.54) is 0 Å². The molecule has 0 saturated heterocycles. The van der Waals surface area contributed by atoms with E-state index >= 15 is 0 Å². The molecule has 0 heterocycles. The molecule has 4 heteroatoms. The van der Waals surface area contributed by atoms with Crippen molar-refractivity contribution < 1.29 is 15.0 Å². The molecule has 1 aliphatic rings. The molecule has 88 valence electrons. The van der Waals surface area contributed by atoms with Gasteiger partial charge in [-0.05, 0) is 31.6 Å². The van der Waals surface area contributed by atoms with Crippen molar-refractivity contribution in [2.24, 2.45) is 5.92 Å². The molecular weight excluding hydrogens is 194 g/mol. The summed E-state index contributed by atoms with van der Waals surface area (Å²) in [4.78, 5) is 11.0. The van der Waals surface area contributed by atoms with Gasteiger partial charge in [-0.3, -0.25) is 10.1 Å². The average Bonchev–Trinajstić information content (AvgIpc) is 2.50. The maximum atomic E-state index is 11.0. The van der Waals surface area contributed by atoms with Crippen molar-refractivity contribution >= 4 is 5.97 Å². The Balaban J connectivity index is 2.46. The van der Waals surface area contributed by atoms with Crippen LogP contribution in [-0.2, 0) is 4.79 Å². The zero-order valence-electron chi connectivity index (χ0n) is 9.44. The minimum absolute atomic E-state index is 0.0372. The summed E-state index contributed by atoms with van der Waals surface area (Å²) in [7, 11) is 0. The summed E-state index contributed by atoms with van der Waals surface area (Å²) < 4.78 is 0. The number of carbonyl (C=O) groups is 1. The van der Waals surface area contributed by atoms with Gasteiger partial charge < -0.3 is 10.2 Å². The van der Waals surface area contributed by atoms with Gasteiger partial charge in [0, 0.05) is 6.04 Å². The van der Waals surface area contributed by atoms with Gasteiger partial charge in [-0.1, -0.05) is 13.8 Å². The molecule has 0 aromatic rings. The first-order valence-electron chi connectivity index (χ1n) is 5.67. The summed E-state index contributed by atoms with van der Waals surface area (Å²) in [5.74, 6) is -0.472. The Hall–Kier alpha value is -0.610. The predicted octanol–water partition coefficient (Wildman–Crippen LogP) is 0.989. The molecule has 0 spiro atoms. The molecule has 0 aromatic heterocycles.